The Hall–Kier alpha value is -4.73. The van der Waals surface area contributed by atoms with Gasteiger partial charge < -0.3 is 0 Å². The molecule has 0 aliphatic rings. The third-order valence-corrected chi connectivity index (χ3v) is 9.57. The van der Waals surface area contributed by atoms with E-state index in [-0.39, 0.29) is 0 Å². The van der Waals surface area contributed by atoms with E-state index in [1.807, 2.05) is 24.7 Å². The van der Waals surface area contributed by atoms with E-state index in [1.165, 1.54) is 26.7 Å². The Bertz CT molecular complexity index is 2150. The maximum Gasteiger partial charge on any atom is 0.146 e. The Labute approximate surface area is 219 Å². The number of fused-ring (bicyclic) bond motifs is 9. The maximum atomic E-state index is 5.06. The molecule has 6 heteroatoms. The van der Waals surface area contributed by atoms with Crippen molar-refractivity contribution >= 4 is 73.1 Å². The predicted octanol–water partition coefficient (Wildman–Crippen LogP) is 5.89. The highest BCUT2D eigenvalue weighted by atomic mass is 31.1. The van der Waals surface area contributed by atoms with Gasteiger partial charge in [-0.05, 0) is 77.8 Å². The van der Waals surface area contributed by atoms with Gasteiger partial charge in [-0.25, -0.2) is 15.0 Å². The summed E-state index contributed by atoms with van der Waals surface area (Å²) in [6, 6.07) is 34.7. The van der Waals surface area contributed by atoms with Crippen LogP contribution in [0.2, 0.25) is 0 Å². The first kappa shape index (κ1) is 21.4. The van der Waals surface area contributed by atoms with Crippen LogP contribution >= 0.6 is 7.92 Å². The number of hydrogen-bond acceptors (Lipinski definition) is 4. The predicted molar refractivity (Wildman–Crippen MR) is 157 cm³/mol. The fraction of sp³-hybridized carbons (Fsp3) is 0. The highest BCUT2D eigenvalue weighted by molar-refractivity contribution is 7.79. The van der Waals surface area contributed by atoms with Crippen molar-refractivity contribution in [3.8, 4) is 0 Å². The smallest absolute Gasteiger partial charge is 0.146 e. The van der Waals surface area contributed by atoms with Gasteiger partial charge in [0.15, 0.2) is 0 Å². The average Bonchev–Trinajstić information content (AvgIpc) is 3.38. The highest BCUT2D eigenvalue weighted by Crippen LogP contribution is 2.37. The van der Waals surface area contributed by atoms with E-state index in [0.29, 0.717) is 0 Å². The molecule has 4 heterocycles. The summed E-state index contributed by atoms with van der Waals surface area (Å²) in [6.45, 7) is 0. The standard InChI is InChI=1S/C32H20N5P/c1-3-7-30-25(5-1)27-17-23(11-12-26(27)32-36-28-6-2-4-8-31(28)37(30)32)38(22-13-15-33-16-14-22)24-10-9-21-19-34-20-35-29(21)18-24/h1-20H. The molecule has 0 amide bonds. The van der Waals surface area contributed by atoms with Crippen LogP contribution in [0.25, 0.3) is 49.3 Å². The van der Waals surface area contributed by atoms with Gasteiger partial charge in [-0.1, -0.05) is 48.5 Å². The van der Waals surface area contributed by atoms with Crippen LogP contribution < -0.4 is 15.9 Å². The minimum Gasteiger partial charge on any atom is -0.292 e. The largest absolute Gasteiger partial charge is 0.292 e. The van der Waals surface area contributed by atoms with Crippen molar-refractivity contribution < 1.29 is 0 Å². The van der Waals surface area contributed by atoms with Gasteiger partial charge in [0.25, 0.3) is 0 Å². The lowest BCUT2D eigenvalue weighted by molar-refractivity contribution is 1.22. The molecule has 0 bridgehead atoms. The number of aromatic nitrogens is 5. The van der Waals surface area contributed by atoms with E-state index in [4.69, 9.17) is 4.98 Å². The van der Waals surface area contributed by atoms with Gasteiger partial charge in [-0.3, -0.25) is 9.38 Å². The summed E-state index contributed by atoms with van der Waals surface area (Å²) in [7, 11) is -0.838. The lowest BCUT2D eigenvalue weighted by Gasteiger charge is -2.20. The summed E-state index contributed by atoms with van der Waals surface area (Å²) in [5.41, 5.74) is 5.24. The van der Waals surface area contributed by atoms with Gasteiger partial charge in [-0.2, -0.15) is 0 Å². The number of rotatable bonds is 3. The molecule has 0 radical (unpaired) electrons. The lowest BCUT2D eigenvalue weighted by atomic mass is 10.1. The number of pyridine rings is 2. The Morgan fingerprint density at radius 3 is 2.29 bits per heavy atom. The molecule has 0 fully saturated rings. The summed E-state index contributed by atoms with van der Waals surface area (Å²) in [5.74, 6) is 0. The lowest BCUT2D eigenvalue weighted by Crippen LogP contribution is -2.21. The zero-order chi connectivity index (χ0) is 25.1. The van der Waals surface area contributed by atoms with Gasteiger partial charge in [0.2, 0.25) is 0 Å². The fourth-order valence-electron chi connectivity index (χ4n) is 5.48. The van der Waals surface area contributed by atoms with Gasteiger partial charge in [0.05, 0.1) is 22.1 Å². The van der Waals surface area contributed by atoms with E-state index in [2.05, 4.69) is 110 Å². The molecule has 0 saturated carbocycles. The van der Waals surface area contributed by atoms with Crippen LogP contribution in [0.5, 0.6) is 0 Å². The van der Waals surface area contributed by atoms with Crippen molar-refractivity contribution in [1.82, 2.24) is 24.3 Å². The molecule has 4 aromatic heterocycles. The molecule has 38 heavy (non-hydrogen) atoms. The molecule has 0 aliphatic heterocycles. The second-order valence-corrected chi connectivity index (χ2v) is 11.5. The van der Waals surface area contributed by atoms with E-state index in [1.54, 1.807) is 6.33 Å². The van der Waals surface area contributed by atoms with Gasteiger partial charge in [-0.15, -0.1) is 0 Å². The molecule has 5 nitrogen and oxygen atoms in total. The fourth-order valence-corrected chi connectivity index (χ4v) is 7.76. The number of benzene rings is 4. The summed E-state index contributed by atoms with van der Waals surface area (Å²) in [6.07, 6.45) is 7.24. The summed E-state index contributed by atoms with van der Waals surface area (Å²) in [5, 5.41) is 8.39. The van der Waals surface area contributed by atoms with E-state index in [9.17, 15) is 0 Å². The van der Waals surface area contributed by atoms with Crippen LogP contribution in [0.15, 0.2) is 122 Å². The van der Waals surface area contributed by atoms with E-state index >= 15 is 0 Å². The van der Waals surface area contributed by atoms with Crippen LogP contribution in [0.3, 0.4) is 0 Å². The second-order valence-electron chi connectivity index (χ2n) is 9.31. The summed E-state index contributed by atoms with van der Waals surface area (Å²) >= 11 is 0. The molecule has 178 valence electrons. The minimum absolute atomic E-state index is 0.838. The first-order valence-electron chi connectivity index (χ1n) is 12.5. The van der Waals surface area contributed by atoms with Crippen LogP contribution in [0.4, 0.5) is 0 Å². The van der Waals surface area contributed by atoms with Gasteiger partial charge >= 0.3 is 0 Å². The van der Waals surface area contributed by atoms with Crippen LogP contribution in [0, 0.1) is 0 Å². The third-order valence-electron chi connectivity index (χ3n) is 7.17. The maximum absolute atomic E-state index is 5.06. The molecule has 8 rings (SSSR count). The first-order valence-corrected chi connectivity index (χ1v) is 13.8. The van der Waals surface area contributed by atoms with Crippen molar-refractivity contribution in [3.63, 3.8) is 0 Å². The van der Waals surface area contributed by atoms with Crippen molar-refractivity contribution in [1.29, 1.82) is 0 Å². The molecule has 0 spiro atoms. The number of para-hydroxylation sites is 3. The topological polar surface area (TPSA) is 56.0 Å². The Kier molecular flexibility index (Phi) is 4.73. The second kappa shape index (κ2) is 8.41. The van der Waals surface area contributed by atoms with Crippen molar-refractivity contribution in [2.75, 3.05) is 0 Å². The number of nitrogens with zero attached hydrogens (tertiary/aromatic N) is 5. The van der Waals surface area contributed by atoms with Crippen molar-refractivity contribution in [3.05, 3.63) is 122 Å². The van der Waals surface area contributed by atoms with E-state index < -0.39 is 7.92 Å². The molecular weight excluding hydrogens is 485 g/mol. The summed E-state index contributed by atoms with van der Waals surface area (Å²) in [4.78, 5) is 18.1. The van der Waals surface area contributed by atoms with Crippen molar-refractivity contribution in [2.45, 2.75) is 0 Å². The van der Waals surface area contributed by atoms with Crippen molar-refractivity contribution in [2.24, 2.45) is 0 Å². The molecule has 1 atom stereocenters. The van der Waals surface area contributed by atoms with E-state index in [0.717, 1.165) is 38.5 Å². The highest BCUT2D eigenvalue weighted by Gasteiger charge is 2.20. The zero-order valence-corrected chi connectivity index (χ0v) is 21.1. The molecule has 8 aromatic rings. The normalized spacial score (nSPS) is 12.6. The quantitative estimate of drug-likeness (QED) is 0.222. The molecule has 1 unspecified atom stereocenters. The molecular formula is C32H20N5P. The number of hydrogen-bond donors (Lipinski definition) is 0. The zero-order valence-electron chi connectivity index (χ0n) is 20.2. The minimum atomic E-state index is -0.838. The molecule has 0 aliphatic carbocycles. The Balaban J connectivity index is 1.44. The molecule has 0 saturated heterocycles. The van der Waals surface area contributed by atoms with Crippen LogP contribution in [0.1, 0.15) is 0 Å². The monoisotopic (exact) mass is 505 g/mol. The summed E-state index contributed by atoms with van der Waals surface area (Å²) < 4.78 is 2.29. The number of imidazole rings is 1. The first-order chi connectivity index (χ1) is 18.8. The van der Waals surface area contributed by atoms with Gasteiger partial charge in [0.1, 0.15) is 12.0 Å². The third kappa shape index (κ3) is 3.22. The van der Waals surface area contributed by atoms with Crippen LogP contribution in [-0.2, 0) is 0 Å². The SMILES string of the molecule is c1ccc2c(c1)nc1c3ccc(P(c4ccncc4)c4ccc5cncnc5c4)cc3c3ccccc3n21. The van der Waals surface area contributed by atoms with Crippen LogP contribution in [-0.4, -0.2) is 24.3 Å². The molecule has 0 N–H and O–H groups in total. The average molecular weight is 506 g/mol. The molecule has 4 aromatic carbocycles. The Morgan fingerprint density at radius 2 is 1.37 bits per heavy atom. The Morgan fingerprint density at radius 1 is 0.579 bits per heavy atom. The van der Waals surface area contributed by atoms with Gasteiger partial charge in [0, 0.05) is 34.7 Å².